The van der Waals surface area contributed by atoms with E-state index in [2.05, 4.69) is 10.1 Å². The van der Waals surface area contributed by atoms with E-state index in [9.17, 15) is 23.2 Å². The molecule has 0 spiro atoms. The van der Waals surface area contributed by atoms with Crippen LogP contribution in [0.3, 0.4) is 0 Å². The third kappa shape index (κ3) is 5.05. The van der Waals surface area contributed by atoms with Crippen LogP contribution in [0.5, 0.6) is 17.2 Å². The number of likely N-dealkylation sites (N-methyl/N-ethyl adjacent to an activating group) is 1. The topological polar surface area (TPSA) is 103 Å². The minimum atomic E-state index is -3.06. The Morgan fingerprint density at radius 1 is 1.19 bits per heavy atom. The van der Waals surface area contributed by atoms with Crippen LogP contribution in [0, 0.1) is 0 Å². The fraction of sp³-hybridized carbons (Fsp3) is 0.286. The molecular formula is C21H20F2N2O7. The molecule has 1 unspecified atom stereocenters. The van der Waals surface area contributed by atoms with E-state index in [0.717, 1.165) is 12.1 Å². The number of methoxy groups -OCH3 is 1. The Bertz CT molecular complexity index is 1020. The maximum atomic E-state index is 12.8. The number of fused-ring (bicyclic) bond motifs is 1. The number of carbonyl (C=O) groups is 3. The number of alkyl halides is 2. The Morgan fingerprint density at radius 2 is 1.94 bits per heavy atom. The van der Waals surface area contributed by atoms with E-state index in [-0.39, 0.29) is 23.6 Å². The third-order valence-electron chi connectivity index (χ3n) is 4.56. The summed E-state index contributed by atoms with van der Waals surface area (Å²) in [6.07, 6.45) is -0.929. The number of para-hydroxylation sites is 2. The van der Waals surface area contributed by atoms with Crippen molar-refractivity contribution in [1.29, 1.82) is 0 Å². The number of nitrogens with one attached hydrogen (secondary N) is 1. The minimum absolute atomic E-state index is 0.0260. The lowest BCUT2D eigenvalue weighted by molar-refractivity contribution is -0.128. The summed E-state index contributed by atoms with van der Waals surface area (Å²) in [5.74, 6) is -1.86. The van der Waals surface area contributed by atoms with Gasteiger partial charge in [-0.3, -0.25) is 9.59 Å². The molecule has 2 aromatic rings. The van der Waals surface area contributed by atoms with E-state index in [1.54, 1.807) is 24.3 Å². The summed E-state index contributed by atoms with van der Waals surface area (Å²) in [5, 5.41) is 2.47. The van der Waals surface area contributed by atoms with E-state index >= 15 is 0 Å². The fourth-order valence-corrected chi connectivity index (χ4v) is 3.04. The van der Waals surface area contributed by atoms with Gasteiger partial charge in [-0.25, -0.2) is 4.79 Å². The zero-order chi connectivity index (χ0) is 23.3. The summed E-state index contributed by atoms with van der Waals surface area (Å²) in [6, 6.07) is 10.2. The van der Waals surface area contributed by atoms with Crippen molar-refractivity contribution in [1.82, 2.24) is 5.32 Å². The van der Waals surface area contributed by atoms with Gasteiger partial charge in [0.05, 0.1) is 24.9 Å². The number of nitrogens with zero attached hydrogens (tertiary/aromatic N) is 1. The highest BCUT2D eigenvalue weighted by atomic mass is 19.3. The van der Waals surface area contributed by atoms with Crippen molar-refractivity contribution >= 4 is 23.5 Å². The molecule has 3 rings (SSSR count). The molecule has 0 bridgehead atoms. The molecular weight excluding hydrogens is 430 g/mol. The van der Waals surface area contributed by atoms with Gasteiger partial charge in [-0.05, 0) is 30.3 Å². The smallest absolute Gasteiger partial charge is 0.387 e. The first-order chi connectivity index (χ1) is 15.3. The summed E-state index contributed by atoms with van der Waals surface area (Å²) in [4.78, 5) is 38.5. The van der Waals surface area contributed by atoms with Gasteiger partial charge in [0.1, 0.15) is 5.75 Å². The lowest BCUT2D eigenvalue weighted by atomic mass is 10.1. The highest BCUT2D eigenvalue weighted by Gasteiger charge is 2.33. The number of hydrogen-bond donors (Lipinski definition) is 1. The van der Waals surface area contributed by atoms with Gasteiger partial charge in [-0.15, -0.1) is 0 Å². The number of esters is 1. The summed E-state index contributed by atoms with van der Waals surface area (Å²) in [7, 11) is 2.68. The number of halogens is 2. The van der Waals surface area contributed by atoms with Crippen LogP contribution in [0.1, 0.15) is 10.4 Å². The Hall–Kier alpha value is -3.89. The zero-order valence-electron chi connectivity index (χ0n) is 17.2. The van der Waals surface area contributed by atoms with E-state index in [4.69, 9.17) is 14.2 Å². The van der Waals surface area contributed by atoms with Crippen molar-refractivity contribution in [3.05, 3.63) is 48.0 Å². The van der Waals surface area contributed by atoms with E-state index < -0.39 is 37.1 Å². The SMILES string of the molecule is CNC(=O)C1CN(C(=O)COC(=O)c2ccc(OC(F)F)c(OC)c2)c2ccccc2O1. The number of rotatable bonds is 7. The lowest BCUT2D eigenvalue weighted by Crippen LogP contribution is -2.51. The number of benzene rings is 2. The summed E-state index contributed by atoms with van der Waals surface area (Å²) >= 11 is 0. The molecule has 1 aliphatic rings. The van der Waals surface area contributed by atoms with Gasteiger partial charge in [0.25, 0.3) is 11.8 Å². The van der Waals surface area contributed by atoms with Gasteiger partial charge >= 0.3 is 12.6 Å². The van der Waals surface area contributed by atoms with Crippen LogP contribution in [0.2, 0.25) is 0 Å². The number of carbonyl (C=O) groups excluding carboxylic acids is 3. The van der Waals surface area contributed by atoms with Crippen LogP contribution in [0.15, 0.2) is 42.5 Å². The minimum Gasteiger partial charge on any atom is -0.493 e. The molecule has 32 heavy (non-hydrogen) atoms. The molecule has 1 atom stereocenters. The van der Waals surface area contributed by atoms with Crippen molar-refractivity contribution in [2.24, 2.45) is 0 Å². The maximum Gasteiger partial charge on any atom is 0.387 e. The molecule has 1 aliphatic heterocycles. The first-order valence-corrected chi connectivity index (χ1v) is 9.41. The van der Waals surface area contributed by atoms with Crippen LogP contribution in [-0.4, -0.2) is 57.8 Å². The maximum absolute atomic E-state index is 12.8. The molecule has 0 saturated carbocycles. The van der Waals surface area contributed by atoms with Crippen molar-refractivity contribution in [2.45, 2.75) is 12.7 Å². The second kappa shape index (κ2) is 9.94. The summed E-state index contributed by atoms with van der Waals surface area (Å²) < 4.78 is 44.9. The van der Waals surface area contributed by atoms with Crippen LogP contribution < -0.4 is 24.4 Å². The molecule has 0 saturated heterocycles. The molecule has 0 aliphatic carbocycles. The molecule has 11 heteroatoms. The Balaban J connectivity index is 1.71. The van der Waals surface area contributed by atoms with Crippen molar-refractivity contribution in [2.75, 3.05) is 32.2 Å². The molecule has 0 radical (unpaired) electrons. The van der Waals surface area contributed by atoms with Gasteiger partial charge in [-0.1, -0.05) is 12.1 Å². The molecule has 2 aromatic carbocycles. The molecule has 0 fully saturated rings. The third-order valence-corrected chi connectivity index (χ3v) is 4.56. The highest BCUT2D eigenvalue weighted by Crippen LogP contribution is 2.33. The molecule has 1 heterocycles. The number of anilines is 1. The van der Waals surface area contributed by atoms with Crippen molar-refractivity contribution in [3.8, 4) is 17.2 Å². The molecule has 1 N–H and O–H groups in total. The van der Waals surface area contributed by atoms with Gasteiger partial charge in [-0.2, -0.15) is 8.78 Å². The van der Waals surface area contributed by atoms with Crippen LogP contribution in [0.4, 0.5) is 14.5 Å². The lowest BCUT2D eigenvalue weighted by Gasteiger charge is -2.33. The predicted molar refractivity (Wildman–Crippen MR) is 107 cm³/mol. The average molecular weight is 450 g/mol. The first-order valence-electron chi connectivity index (χ1n) is 9.41. The van der Waals surface area contributed by atoms with E-state index in [0.29, 0.717) is 11.4 Å². The second-order valence-corrected chi connectivity index (χ2v) is 6.51. The molecule has 2 amide bonds. The number of amides is 2. The predicted octanol–water partition coefficient (Wildman–Crippen LogP) is 1.99. The number of ether oxygens (including phenoxy) is 4. The molecule has 0 aromatic heterocycles. The van der Waals surface area contributed by atoms with Crippen molar-refractivity contribution in [3.63, 3.8) is 0 Å². The van der Waals surface area contributed by atoms with Gasteiger partial charge in [0.15, 0.2) is 24.2 Å². The van der Waals surface area contributed by atoms with Crippen LogP contribution >= 0.6 is 0 Å². The Morgan fingerprint density at radius 3 is 2.62 bits per heavy atom. The monoisotopic (exact) mass is 450 g/mol. The fourth-order valence-electron chi connectivity index (χ4n) is 3.04. The largest absolute Gasteiger partial charge is 0.493 e. The van der Waals surface area contributed by atoms with Crippen LogP contribution in [-0.2, 0) is 14.3 Å². The van der Waals surface area contributed by atoms with Crippen molar-refractivity contribution < 1.29 is 42.1 Å². The summed E-state index contributed by atoms with van der Waals surface area (Å²) in [5.41, 5.74) is 0.408. The van der Waals surface area contributed by atoms with Gasteiger partial charge in [0.2, 0.25) is 0 Å². The quantitative estimate of drug-likeness (QED) is 0.644. The average Bonchev–Trinajstić information content (AvgIpc) is 2.80. The Labute approximate surface area is 181 Å². The standard InChI is InChI=1S/C21H20F2N2O7/c1-24-19(27)17-10-25(13-5-3-4-6-14(13)31-17)18(26)11-30-20(28)12-7-8-15(32-21(22)23)16(9-12)29-2/h3-9,17,21H,10-11H2,1-2H3,(H,24,27). The van der Waals surface area contributed by atoms with E-state index in [1.807, 2.05) is 0 Å². The van der Waals surface area contributed by atoms with Crippen LogP contribution in [0.25, 0.3) is 0 Å². The normalized spacial score (nSPS) is 14.8. The summed E-state index contributed by atoms with van der Waals surface area (Å²) in [6.45, 7) is -3.75. The molecule has 170 valence electrons. The number of hydrogen-bond acceptors (Lipinski definition) is 7. The van der Waals surface area contributed by atoms with E-state index in [1.165, 1.54) is 25.1 Å². The molecule has 9 nitrogen and oxygen atoms in total. The highest BCUT2D eigenvalue weighted by molar-refractivity contribution is 5.99. The van der Waals surface area contributed by atoms with Gasteiger partial charge in [0, 0.05) is 7.05 Å². The Kier molecular flexibility index (Phi) is 7.08. The zero-order valence-corrected chi connectivity index (χ0v) is 17.2. The van der Waals surface area contributed by atoms with Gasteiger partial charge < -0.3 is 29.2 Å². The second-order valence-electron chi connectivity index (χ2n) is 6.51. The first kappa shape index (κ1) is 22.8.